The molecule has 0 spiro atoms. The van der Waals surface area contributed by atoms with E-state index in [4.69, 9.17) is 10.2 Å². The van der Waals surface area contributed by atoms with Crippen LogP contribution in [0.1, 0.15) is 47.6 Å². The van der Waals surface area contributed by atoms with Crippen molar-refractivity contribution in [3.8, 4) is 0 Å². The molecule has 1 aromatic heterocycles. The van der Waals surface area contributed by atoms with E-state index < -0.39 is 0 Å². The van der Waals surface area contributed by atoms with Gasteiger partial charge in [0.1, 0.15) is 5.76 Å². The van der Waals surface area contributed by atoms with Gasteiger partial charge in [-0.2, -0.15) is 0 Å². The normalized spacial score (nSPS) is 17.3. The van der Waals surface area contributed by atoms with Crippen LogP contribution in [0.2, 0.25) is 0 Å². The zero-order valence-electron chi connectivity index (χ0n) is 10.9. The Balaban J connectivity index is 0.00000162. The van der Waals surface area contributed by atoms with Crippen LogP contribution < -0.4 is 11.1 Å². The van der Waals surface area contributed by atoms with Crippen LogP contribution in [0.25, 0.3) is 0 Å². The molecule has 1 aliphatic carbocycles. The molecule has 5 heteroatoms. The molecule has 18 heavy (non-hydrogen) atoms. The highest BCUT2D eigenvalue weighted by Crippen LogP contribution is 2.29. The van der Waals surface area contributed by atoms with Crippen LogP contribution >= 0.6 is 12.4 Å². The summed E-state index contributed by atoms with van der Waals surface area (Å²) in [6.45, 7) is 4.23. The van der Waals surface area contributed by atoms with Gasteiger partial charge in [0.15, 0.2) is 5.76 Å². The minimum atomic E-state index is -0.218. The van der Waals surface area contributed by atoms with Crippen LogP contribution in [0.15, 0.2) is 10.5 Å². The van der Waals surface area contributed by atoms with E-state index >= 15 is 0 Å². The van der Waals surface area contributed by atoms with Crippen LogP contribution in [0.4, 0.5) is 0 Å². The summed E-state index contributed by atoms with van der Waals surface area (Å²) in [5.74, 6) is 1.05. The third-order valence-electron chi connectivity index (χ3n) is 3.58. The molecular formula is C13H21ClN2O2. The number of hydrogen-bond donors (Lipinski definition) is 2. The van der Waals surface area contributed by atoms with Crippen LogP contribution in [-0.2, 0) is 0 Å². The summed E-state index contributed by atoms with van der Waals surface area (Å²) in [6, 6.07) is 1.87. The van der Waals surface area contributed by atoms with Gasteiger partial charge in [-0.15, -0.1) is 12.4 Å². The fraction of sp³-hybridized carbons (Fsp3) is 0.615. The average molecular weight is 273 g/mol. The quantitative estimate of drug-likeness (QED) is 0.887. The predicted octanol–water partition coefficient (Wildman–Crippen LogP) is 2.32. The van der Waals surface area contributed by atoms with Crippen LogP contribution in [-0.4, -0.2) is 18.0 Å². The second-order valence-electron chi connectivity index (χ2n) is 5.01. The van der Waals surface area contributed by atoms with Crippen LogP contribution in [0.3, 0.4) is 0 Å². The molecule has 1 amide bonds. The summed E-state index contributed by atoms with van der Waals surface area (Å²) < 4.78 is 5.42. The lowest BCUT2D eigenvalue weighted by Gasteiger charge is -2.28. The second kappa shape index (κ2) is 5.76. The van der Waals surface area contributed by atoms with E-state index in [9.17, 15) is 4.79 Å². The molecule has 0 unspecified atom stereocenters. The maximum Gasteiger partial charge on any atom is 0.287 e. The largest absolute Gasteiger partial charge is 0.456 e. The molecule has 0 saturated heterocycles. The Labute approximate surface area is 114 Å². The van der Waals surface area contributed by atoms with E-state index in [2.05, 4.69) is 5.32 Å². The lowest BCUT2D eigenvalue weighted by molar-refractivity contribution is 0.0872. The summed E-state index contributed by atoms with van der Waals surface area (Å²) in [7, 11) is 0. The van der Waals surface area contributed by atoms with Gasteiger partial charge < -0.3 is 15.5 Å². The lowest BCUT2D eigenvalue weighted by atomic mass is 9.97. The summed E-state index contributed by atoms with van der Waals surface area (Å²) in [4.78, 5) is 12.1. The molecule has 0 aromatic carbocycles. The van der Waals surface area contributed by atoms with Crippen molar-refractivity contribution in [3.05, 3.63) is 23.2 Å². The Morgan fingerprint density at radius 2 is 2.06 bits per heavy atom. The van der Waals surface area contributed by atoms with E-state index in [0.717, 1.165) is 37.0 Å². The van der Waals surface area contributed by atoms with Gasteiger partial charge >= 0.3 is 0 Å². The number of carbonyl (C=O) groups is 1. The maximum atomic E-state index is 12.1. The number of hydrogen-bond acceptors (Lipinski definition) is 3. The van der Waals surface area contributed by atoms with Crippen molar-refractivity contribution in [1.29, 1.82) is 0 Å². The first-order valence-corrected chi connectivity index (χ1v) is 6.16. The number of nitrogens with one attached hydrogen (secondary N) is 1. The van der Waals surface area contributed by atoms with E-state index in [1.807, 2.05) is 19.9 Å². The van der Waals surface area contributed by atoms with E-state index in [-0.39, 0.29) is 23.9 Å². The minimum absolute atomic E-state index is 0. The summed E-state index contributed by atoms with van der Waals surface area (Å²) >= 11 is 0. The Hall–Kier alpha value is -1.00. The molecule has 102 valence electrons. The molecule has 0 bridgehead atoms. The second-order valence-corrected chi connectivity index (χ2v) is 5.01. The van der Waals surface area contributed by atoms with Crippen LogP contribution in [0, 0.1) is 13.8 Å². The third kappa shape index (κ3) is 2.87. The molecule has 0 radical (unpaired) electrons. The number of aryl methyl sites for hydroxylation is 2. The first-order chi connectivity index (χ1) is 8.06. The number of halogens is 1. The topological polar surface area (TPSA) is 68.3 Å². The van der Waals surface area contributed by atoms with Gasteiger partial charge in [-0.05, 0) is 32.8 Å². The molecule has 1 heterocycles. The third-order valence-corrected chi connectivity index (χ3v) is 3.58. The highest BCUT2D eigenvalue weighted by molar-refractivity contribution is 5.93. The van der Waals surface area contributed by atoms with Crippen molar-refractivity contribution >= 4 is 18.3 Å². The van der Waals surface area contributed by atoms with Crippen molar-refractivity contribution in [2.45, 2.75) is 45.1 Å². The monoisotopic (exact) mass is 272 g/mol. The molecule has 1 fully saturated rings. The lowest BCUT2D eigenvalue weighted by Crippen LogP contribution is -2.51. The predicted molar refractivity (Wildman–Crippen MR) is 73.1 cm³/mol. The zero-order chi connectivity index (χ0) is 12.5. The zero-order valence-corrected chi connectivity index (χ0v) is 11.7. The molecule has 0 aliphatic heterocycles. The van der Waals surface area contributed by atoms with Crippen molar-refractivity contribution in [2.75, 3.05) is 6.54 Å². The van der Waals surface area contributed by atoms with Gasteiger partial charge in [0.05, 0.1) is 5.54 Å². The smallest absolute Gasteiger partial charge is 0.287 e. The molecule has 1 aromatic rings. The number of rotatable bonds is 3. The van der Waals surface area contributed by atoms with Gasteiger partial charge in [0, 0.05) is 12.1 Å². The molecule has 1 aliphatic rings. The Morgan fingerprint density at radius 3 is 2.50 bits per heavy atom. The Bertz CT molecular complexity index is 423. The van der Waals surface area contributed by atoms with Crippen molar-refractivity contribution in [1.82, 2.24) is 5.32 Å². The first kappa shape index (κ1) is 15.1. The number of nitrogens with two attached hydrogens (primary N) is 1. The van der Waals surface area contributed by atoms with Crippen molar-refractivity contribution in [3.63, 3.8) is 0 Å². The summed E-state index contributed by atoms with van der Waals surface area (Å²) in [6.07, 6.45) is 4.20. The molecular weight excluding hydrogens is 252 g/mol. The molecule has 3 N–H and O–H groups in total. The summed E-state index contributed by atoms with van der Waals surface area (Å²) in [5, 5.41) is 3.05. The van der Waals surface area contributed by atoms with Gasteiger partial charge in [0.2, 0.25) is 0 Å². The molecule has 1 saturated carbocycles. The SMILES string of the molecule is Cc1cc(C)c(C(=O)NC2(CN)CCCC2)o1.Cl. The highest BCUT2D eigenvalue weighted by Gasteiger charge is 2.35. The Morgan fingerprint density at radius 1 is 1.44 bits per heavy atom. The maximum absolute atomic E-state index is 12.1. The van der Waals surface area contributed by atoms with Gasteiger partial charge in [0.25, 0.3) is 5.91 Å². The number of amides is 1. The van der Waals surface area contributed by atoms with Gasteiger partial charge in [-0.3, -0.25) is 4.79 Å². The first-order valence-electron chi connectivity index (χ1n) is 6.16. The summed E-state index contributed by atoms with van der Waals surface area (Å²) in [5.41, 5.74) is 6.45. The van der Waals surface area contributed by atoms with Crippen molar-refractivity contribution < 1.29 is 9.21 Å². The van der Waals surface area contributed by atoms with Crippen molar-refractivity contribution in [2.24, 2.45) is 5.73 Å². The van der Waals surface area contributed by atoms with Crippen LogP contribution in [0.5, 0.6) is 0 Å². The molecule has 4 nitrogen and oxygen atoms in total. The minimum Gasteiger partial charge on any atom is -0.456 e. The van der Waals surface area contributed by atoms with Gasteiger partial charge in [-0.1, -0.05) is 12.8 Å². The molecule has 2 rings (SSSR count). The van der Waals surface area contributed by atoms with Gasteiger partial charge in [-0.25, -0.2) is 0 Å². The standard InChI is InChI=1S/C13H20N2O2.ClH/c1-9-7-10(2)17-11(9)12(16)15-13(8-14)5-3-4-6-13;/h7H,3-6,8,14H2,1-2H3,(H,15,16);1H. The number of carbonyl (C=O) groups excluding carboxylic acids is 1. The Kier molecular flexibility index (Phi) is 4.82. The number of furan rings is 1. The fourth-order valence-electron chi connectivity index (χ4n) is 2.60. The van der Waals surface area contributed by atoms with E-state index in [0.29, 0.717) is 12.3 Å². The fourth-order valence-corrected chi connectivity index (χ4v) is 2.60. The average Bonchev–Trinajstić information content (AvgIpc) is 2.86. The molecule has 0 atom stereocenters. The van der Waals surface area contributed by atoms with E-state index in [1.165, 1.54) is 0 Å². The van der Waals surface area contributed by atoms with E-state index in [1.54, 1.807) is 0 Å². The highest BCUT2D eigenvalue weighted by atomic mass is 35.5.